The fourth-order valence-corrected chi connectivity index (χ4v) is 2.38. The van der Waals surface area contributed by atoms with Gasteiger partial charge in [0.25, 0.3) is 0 Å². The minimum absolute atomic E-state index is 0.197. The Morgan fingerprint density at radius 2 is 2.11 bits per heavy atom. The summed E-state index contributed by atoms with van der Waals surface area (Å²) in [7, 11) is 3.99. The molecule has 18 heavy (non-hydrogen) atoms. The van der Waals surface area contributed by atoms with Crippen molar-refractivity contribution < 1.29 is 0 Å². The van der Waals surface area contributed by atoms with Crippen molar-refractivity contribution >= 4 is 0 Å². The van der Waals surface area contributed by atoms with E-state index >= 15 is 0 Å². The number of benzene rings is 1. The molecule has 0 spiro atoms. The van der Waals surface area contributed by atoms with Crippen LogP contribution in [0.5, 0.6) is 0 Å². The number of hydrogen-bond acceptors (Lipinski definition) is 2. The van der Waals surface area contributed by atoms with Gasteiger partial charge in [-0.3, -0.25) is 4.68 Å². The number of nitrogens with one attached hydrogen (secondary N) is 1. The van der Waals surface area contributed by atoms with Crippen molar-refractivity contribution in [2.75, 3.05) is 7.05 Å². The van der Waals surface area contributed by atoms with Gasteiger partial charge in [-0.05, 0) is 37.6 Å². The van der Waals surface area contributed by atoms with Crippen LogP contribution < -0.4 is 5.32 Å². The predicted molar refractivity (Wildman–Crippen MR) is 74.7 cm³/mol. The molecule has 0 radical (unpaired) electrons. The van der Waals surface area contributed by atoms with E-state index in [1.807, 2.05) is 25.7 Å². The average molecular weight is 243 g/mol. The number of hydrogen-bond donors (Lipinski definition) is 1. The second-order valence-electron chi connectivity index (χ2n) is 4.65. The predicted octanol–water partition coefficient (Wildman–Crippen LogP) is 2.60. The summed E-state index contributed by atoms with van der Waals surface area (Å²) in [5, 5.41) is 7.80. The zero-order valence-electron chi connectivity index (χ0n) is 11.6. The summed E-state index contributed by atoms with van der Waals surface area (Å²) in [6.45, 7) is 4.21. The van der Waals surface area contributed by atoms with E-state index in [1.165, 1.54) is 16.8 Å². The fourth-order valence-electron chi connectivity index (χ4n) is 2.38. The summed E-state index contributed by atoms with van der Waals surface area (Å²) in [5.74, 6) is 0. The topological polar surface area (TPSA) is 29.9 Å². The van der Waals surface area contributed by atoms with Gasteiger partial charge in [-0.1, -0.05) is 31.2 Å². The number of aromatic nitrogens is 2. The van der Waals surface area contributed by atoms with E-state index in [0.29, 0.717) is 0 Å². The molecule has 1 aromatic carbocycles. The van der Waals surface area contributed by atoms with Crippen molar-refractivity contribution in [3.05, 3.63) is 52.8 Å². The Bertz CT molecular complexity index is 528. The number of nitrogens with zero attached hydrogens (tertiary/aromatic N) is 2. The molecule has 1 unspecified atom stereocenters. The van der Waals surface area contributed by atoms with E-state index < -0.39 is 0 Å². The Hall–Kier alpha value is -1.61. The molecule has 1 aromatic heterocycles. The largest absolute Gasteiger partial charge is 0.308 e. The smallest absolute Gasteiger partial charge is 0.0745 e. The lowest BCUT2D eigenvalue weighted by molar-refractivity contribution is 0.604. The highest BCUT2D eigenvalue weighted by atomic mass is 15.3. The Morgan fingerprint density at radius 1 is 1.33 bits per heavy atom. The highest BCUT2D eigenvalue weighted by molar-refractivity contribution is 5.32. The molecule has 2 rings (SSSR count). The van der Waals surface area contributed by atoms with E-state index in [9.17, 15) is 0 Å². The summed E-state index contributed by atoms with van der Waals surface area (Å²) in [4.78, 5) is 0. The molecule has 0 aliphatic carbocycles. The second-order valence-corrected chi connectivity index (χ2v) is 4.65. The lowest BCUT2D eigenvalue weighted by Gasteiger charge is -2.17. The maximum Gasteiger partial charge on any atom is 0.0745 e. The van der Waals surface area contributed by atoms with Crippen LogP contribution in [0, 0.1) is 6.92 Å². The Labute approximate surface area is 109 Å². The maximum atomic E-state index is 4.42. The summed E-state index contributed by atoms with van der Waals surface area (Å²) in [6, 6.07) is 11.1. The quantitative estimate of drug-likeness (QED) is 0.894. The van der Waals surface area contributed by atoms with Gasteiger partial charge in [0, 0.05) is 7.05 Å². The molecule has 96 valence electrons. The van der Waals surface area contributed by atoms with E-state index in [1.54, 1.807) is 0 Å². The minimum Gasteiger partial charge on any atom is -0.308 e. The molecular weight excluding hydrogens is 222 g/mol. The molecule has 1 N–H and O–H groups in total. The van der Waals surface area contributed by atoms with Crippen LogP contribution in [0.2, 0.25) is 0 Å². The third-order valence-corrected chi connectivity index (χ3v) is 3.32. The molecule has 3 heteroatoms. The van der Waals surface area contributed by atoms with Gasteiger partial charge in [0.1, 0.15) is 0 Å². The van der Waals surface area contributed by atoms with Crippen LogP contribution >= 0.6 is 0 Å². The zero-order valence-corrected chi connectivity index (χ0v) is 11.6. The maximum absolute atomic E-state index is 4.42. The van der Waals surface area contributed by atoms with E-state index in [-0.39, 0.29) is 6.04 Å². The second kappa shape index (κ2) is 5.36. The molecule has 1 atom stereocenters. The van der Waals surface area contributed by atoms with Gasteiger partial charge in [0.05, 0.1) is 17.4 Å². The van der Waals surface area contributed by atoms with Gasteiger partial charge in [-0.15, -0.1) is 0 Å². The van der Waals surface area contributed by atoms with Crippen molar-refractivity contribution in [3.8, 4) is 0 Å². The molecule has 0 saturated heterocycles. The summed E-state index contributed by atoms with van der Waals surface area (Å²) in [6.07, 6.45) is 1.06. The van der Waals surface area contributed by atoms with Crippen molar-refractivity contribution in [3.63, 3.8) is 0 Å². The molecule has 3 nitrogen and oxygen atoms in total. The molecule has 0 fully saturated rings. The number of aryl methyl sites for hydroxylation is 3. The van der Waals surface area contributed by atoms with E-state index in [2.05, 4.69) is 47.7 Å². The normalized spacial score (nSPS) is 12.7. The van der Waals surface area contributed by atoms with Crippen molar-refractivity contribution in [2.45, 2.75) is 26.3 Å². The molecule has 0 aliphatic heterocycles. The average Bonchev–Trinajstić information content (AvgIpc) is 2.70. The van der Waals surface area contributed by atoms with Crippen LogP contribution in [-0.2, 0) is 13.5 Å². The highest BCUT2D eigenvalue weighted by Crippen LogP contribution is 2.23. The Balaban J connectivity index is 2.41. The molecule has 0 amide bonds. The first-order valence-corrected chi connectivity index (χ1v) is 6.42. The molecule has 0 aliphatic rings. The first-order chi connectivity index (χ1) is 8.65. The first-order valence-electron chi connectivity index (χ1n) is 6.42. The molecule has 1 heterocycles. The summed E-state index contributed by atoms with van der Waals surface area (Å²) < 4.78 is 1.95. The van der Waals surface area contributed by atoms with Crippen LogP contribution in [0.3, 0.4) is 0 Å². The van der Waals surface area contributed by atoms with Crippen LogP contribution in [0.4, 0.5) is 0 Å². The fraction of sp³-hybridized carbons (Fsp3) is 0.400. The SMILES string of the molecule is CCc1cccc(C(NC)c2cc(C)nn2C)c1. The first kappa shape index (κ1) is 12.8. The van der Waals surface area contributed by atoms with Crippen molar-refractivity contribution in [1.29, 1.82) is 0 Å². The third kappa shape index (κ3) is 2.46. The Kier molecular flexibility index (Phi) is 3.82. The van der Waals surface area contributed by atoms with Gasteiger partial charge >= 0.3 is 0 Å². The van der Waals surface area contributed by atoms with Gasteiger partial charge in [-0.25, -0.2) is 0 Å². The van der Waals surface area contributed by atoms with Crippen LogP contribution in [0.1, 0.15) is 35.5 Å². The molecular formula is C15H21N3. The molecule has 2 aromatic rings. The van der Waals surface area contributed by atoms with E-state index in [0.717, 1.165) is 12.1 Å². The summed E-state index contributed by atoms with van der Waals surface area (Å²) in [5.41, 5.74) is 4.91. The summed E-state index contributed by atoms with van der Waals surface area (Å²) >= 11 is 0. The van der Waals surface area contributed by atoms with Crippen LogP contribution in [0.15, 0.2) is 30.3 Å². The Morgan fingerprint density at radius 3 is 2.67 bits per heavy atom. The van der Waals surface area contributed by atoms with Crippen LogP contribution in [0.25, 0.3) is 0 Å². The van der Waals surface area contributed by atoms with Crippen molar-refractivity contribution in [1.82, 2.24) is 15.1 Å². The van der Waals surface area contributed by atoms with Gasteiger partial charge in [0.2, 0.25) is 0 Å². The van der Waals surface area contributed by atoms with Gasteiger partial charge < -0.3 is 5.32 Å². The lowest BCUT2D eigenvalue weighted by Crippen LogP contribution is -2.20. The van der Waals surface area contributed by atoms with E-state index in [4.69, 9.17) is 0 Å². The monoisotopic (exact) mass is 243 g/mol. The number of rotatable bonds is 4. The standard InChI is InChI=1S/C15H21N3/c1-5-12-7-6-8-13(10-12)15(16-3)14-9-11(2)17-18(14)4/h6-10,15-16H,5H2,1-4H3. The molecule has 0 bridgehead atoms. The zero-order chi connectivity index (χ0) is 13.1. The molecule has 0 saturated carbocycles. The van der Waals surface area contributed by atoms with Crippen LogP contribution in [-0.4, -0.2) is 16.8 Å². The highest BCUT2D eigenvalue weighted by Gasteiger charge is 2.16. The van der Waals surface area contributed by atoms with Crippen molar-refractivity contribution in [2.24, 2.45) is 7.05 Å². The minimum atomic E-state index is 0.197. The lowest BCUT2D eigenvalue weighted by atomic mass is 10.0. The van der Waals surface area contributed by atoms with Gasteiger partial charge in [0.15, 0.2) is 0 Å². The third-order valence-electron chi connectivity index (χ3n) is 3.32. The van der Waals surface area contributed by atoms with Gasteiger partial charge in [-0.2, -0.15) is 5.10 Å².